The second-order valence-electron chi connectivity index (χ2n) is 6.03. The molecule has 0 radical (unpaired) electrons. The summed E-state index contributed by atoms with van der Waals surface area (Å²) in [5, 5.41) is 0. The van der Waals surface area contributed by atoms with Crippen molar-refractivity contribution < 1.29 is 9.18 Å². The summed E-state index contributed by atoms with van der Waals surface area (Å²) < 4.78 is 13.9. The van der Waals surface area contributed by atoms with Crippen LogP contribution in [0.25, 0.3) is 0 Å². The van der Waals surface area contributed by atoms with Gasteiger partial charge in [0.05, 0.1) is 5.69 Å². The van der Waals surface area contributed by atoms with E-state index in [2.05, 4.69) is 4.98 Å². The predicted octanol–water partition coefficient (Wildman–Crippen LogP) is 2.25. The summed E-state index contributed by atoms with van der Waals surface area (Å²) in [7, 11) is 3.79. The van der Waals surface area contributed by atoms with Gasteiger partial charge >= 0.3 is 0 Å². The van der Waals surface area contributed by atoms with Gasteiger partial charge in [-0.15, -0.1) is 0 Å². The molecule has 1 aromatic heterocycles. The number of hydrogen-bond donors (Lipinski definition) is 0. The van der Waals surface area contributed by atoms with Crippen molar-refractivity contribution in [3.8, 4) is 0 Å². The van der Waals surface area contributed by atoms with Gasteiger partial charge in [0.15, 0.2) is 0 Å². The van der Waals surface area contributed by atoms with Crippen LogP contribution in [0.4, 0.5) is 15.9 Å². The maximum absolute atomic E-state index is 13.9. The number of hydrogen-bond acceptors (Lipinski definition) is 4. The highest BCUT2D eigenvalue weighted by molar-refractivity contribution is 5.95. The summed E-state index contributed by atoms with van der Waals surface area (Å²) in [4.78, 5) is 22.6. The topological polar surface area (TPSA) is 39.7 Å². The number of pyridine rings is 1. The summed E-state index contributed by atoms with van der Waals surface area (Å²) in [5.41, 5.74) is 1.23. The first-order valence-corrected chi connectivity index (χ1v) is 7.98. The molecular weight excluding hydrogens is 307 g/mol. The Morgan fingerprint density at radius 3 is 2.50 bits per heavy atom. The maximum Gasteiger partial charge on any atom is 0.254 e. The van der Waals surface area contributed by atoms with Crippen LogP contribution in [0.1, 0.15) is 10.4 Å². The lowest BCUT2D eigenvalue weighted by atomic mass is 10.2. The molecule has 1 saturated heterocycles. The van der Waals surface area contributed by atoms with E-state index >= 15 is 0 Å². The lowest BCUT2D eigenvalue weighted by Gasteiger charge is -2.36. The monoisotopic (exact) mass is 328 g/mol. The molecule has 0 bridgehead atoms. The zero-order valence-corrected chi connectivity index (χ0v) is 13.9. The number of carbonyl (C=O) groups excluding carboxylic acids is 1. The second kappa shape index (κ2) is 6.86. The van der Waals surface area contributed by atoms with Crippen LogP contribution in [-0.4, -0.2) is 56.1 Å². The third-order valence-corrected chi connectivity index (χ3v) is 4.21. The lowest BCUT2D eigenvalue weighted by Crippen LogP contribution is -2.49. The molecule has 5 nitrogen and oxygen atoms in total. The van der Waals surface area contributed by atoms with Crippen molar-refractivity contribution in [2.45, 2.75) is 0 Å². The summed E-state index contributed by atoms with van der Waals surface area (Å²) in [6, 6.07) is 10.3. The number of halogens is 1. The van der Waals surface area contributed by atoms with Crippen molar-refractivity contribution in [3.05, 3.63) is 54.0 Å². The number of carbonyl (C=O) groups is 1. The van der Waals surface area contributed by atoms with Crippen molar-refractivity contribution in [2.24, 2.45) is 0 Å². The first-order chi connectivity index (χ1) is 11.6. The lowest BCUT2D eigenvalue weighted by molar-refractivity contribution is 0.0746. The Kier molecular flexibility index (Phi) is 4.64. The Balaban J connectivity index is 1.67. The zero-order chi connectivity index (χ0) is 17.1. The van der Waals surface area contributed by atoms with Gasteiger partial charge in [-0.1, -0.05) is 12.1 Å². The van der Waals surface area contributed by atoms with Crippen LogP contribution >= 0.6 is 0 Å². The van der Waals surface area contributed by atoms with Crippen LogP contribution in [0, 0.1) is 5.82 Å². The zero-order valence-electron chi connectivity index (χ0n) is 13.9. The van der Waals surface area contributed by atoms with Gasteiger partial charge < -0.3 is 14.7 Å². The molecule has 126 valence electrons. The van der Waals surface area contributed by atoms with E-state index in [4.69, 9.17) is 0 Å². The Morgan fingerprint density at radius 2 is 1.83 bits per heavy atom. The SMILES string of the molecule is CN(C)c1cc(C(=O)N2CCN(c3ccccc3F)CC2)ccn1. The van der Waals surface area contributed by atoms with E-state index in [1.54, 1.807) is 30.5 Å². The molecule has 2 aromatic rings. The molecule has 1 aliphatic heterocycles. The average Bonchev–Trinajstić information content (AvgIpc) is 2.62. The largest absolute Gasteiger partial charge is 0.366 e. The first kappa shape index (κ1) is 16.2. The van der Waals surface area contributed by atoms with Crippen LogP contribution in [0.5, 0.6) is 0 Å². The third kappa shape index (κ3) is 3.32. The van der Waals surface area contributed by atoms with Crippen molar-refractivity contribution in [3.63, 3.8) is 0 Å². The number of benzene rings is 1. The number of aromatic nitrogens is 1. The molecule has 1 aliphatic rings. The molecule has 0 saturated carbocycles. The van der Waals surface area contributed by atoms with Gasteiger partial charge in [0.25, 0.3) is 5.91 Å². The molecule has 6 heteroatoms. The molecule has 0 unspecified atom stereocenters. The molecule has 0 spiro atoms. The van der Waals surface area contributed by atoms with Crippen LogP contribution in [0.15, 0.2) is 42.6 Å². The van der Waals surface area contributed by atoms with E-state index in [1.165, 1.54) is 6.07 Å². The van der Waals surface area contributed by atoms with Gasteiger partial charge in [0.1, 0.15) is 11.6 Å². The Bertz CT molecular complexity index is 726. The molecule has 3 rings (SSSR count). The van der Waals surface area contributed by atoms with Crippen LogP contribution in [0.3, 0.4) is 0 Å². The molecule has 1 fully saturated rings. The minimum Gasteiger partial charge on any atom is -0.366 e. The van der Waals surface area contributed by atoms with E-state index in [9.17, 15) is 9.18 Å². The summed E-state index contributed by atoms with van der Waals surface area (Å²) in [6.45, 7) is 2.40. The summed E-state index contributed by atoms with van der Waals surface area (Å²) >= 11 is 0. The maximum atomic E-state index is 13.9. The summed E-state index contributed by atoms with van der Waals surface area (Å²) in [6.07, 6.45) is 1.65. The second-order valence-corrected chi connectivity index (χ2v) is 6.03. The van der Waals surface area contributed by atoms with Crippen LogP contribution in [0.2, 0.25) is 0 Å². The molecule has 1 amide bonds. The molecule has 2 heterocycles. The first-order valence-electron chi connectivity index (χ1n) is 7.98. The highest BCUT2D eigenvalue weighted by Gasteiger charge is 2.23. The minimum absolute atomic E-state index is 0.00585. The number of anilines is 2. The van der Waals surface area contributed by atoms with Crippen molar-refractivity contribution in [1.29, 1.82) is 0 Å². The predicted molar refractivity (Wildman–Crippen MR) is 93.1 cm³/mol. The smallest absolute Gasteiger partial charge is 0.254 e. The van der Waals surface area contributed by atoms with Gasteiger partial charge in [0, 0.05) is 52.0 Å². The average molecular weight is 328 g/mol. The van der Waals surface area contributed by atoms with Crippen molar-refractivity contribution in [1.82, 2.24) is 9.88 Å². The van der Waals surface area contributed by atoms with E-state index in [1.807, 2.05) is 34.9 Å². The van der Waals surface area contributed by atoms with E-state index in [-0.39, 0.29) is 11.7 Å². The fraction of sp³-hybridized carbons (Fsp3) is 0.333. The van der Waals surface area contributed by atoms with Gasteiger partial charge in [-0.05, 0) is 24.3 Å². The van der Waals surface area contributed by atoms with Crippen LogP contribution < -0.4 is 9.80 Å². The van der Waals surface area contributed by atoms with Gasteiger partial charge in [-0.3, -0.25) is 4.79 Å². The molecule has 0 aliphatic carbocycles. The normalized spacial score (nSPS) is 14.6. The number of piperazine rings is 1. The number of rotatable bonds is 3. The van der Waals surface area contributed by atoms with Crippen molar-refractivity contribution >= 4 is 17.4 Å². The highest BCUT2D eigenvalue weighted by atomic mass is 19.1. The van der Waals surface area contributed by atoms with Crippen molar-refractivity contribution in [2.75, 3.05) is 50.1 Å². The fourth-order valence-electron chi connectivity index (χ4n) is 2.84. The number of amides is 1. The van der Waals surface area contributed by atoms with Crippen LogP contribution in [-0.2, 0) is 0 Å². The van der Waals surface area contributed by atoms with E-state index in [0.717, 1.165) is 5.82 Å². The highest BCUT2D eigenvalue weighted by Crippen LogP contribution is 2.21. The number of nitrogens with zero attached hydrogens (tertiary/aromatic N) is 4. The standard InChI is InChI=1S/C18H21FN4O/c1-21(2)17-13-14(7-8-20-17)18(24)23-11-9-22(10-12-23)16-6-4-3-5-15(16)19/h3-8,13H,9-12H2,1-2H3. The number of para-hydroxylation sites is 1. The quantitative estimate of drug-likeness (QED) is 0.866. The Hall–Kier alpha value is -2.63. The van der Waals surface area contributed by atoms with Gasteiger partial charge in [-0.2, -0.15) is 0 Å². The molecule has 0 N–H and O–H groups in total. The fourth-order valence-corrected chi connectivity index (χ4v) is 2.84. The summed E-state index contributed by atoms with van der Waals surface area (Å²) in [5.74, 6) is 0.529. The Labute approximate surface area is 141 Å². The molecule has 24 heavy (non-hydrogen) atoms. The molecular formula is C18H21FN4O. The minimum atomic E-state index is -0.220. The Morgan fingerprint density at radius 1 is 1.12 bits per heavy atom. The van der Waals surface area contributed by atoms with Gasteiger partial charge in [0.2, 0.25) is 0 Å². The third-order valence-electron chi connectivity index (χ3n) is 4.21. The van der Waals surface area contributed by atoms with Gasteiger partial charge in [-0.25, -0.2) is 9.37 Å². The van der Waals surface area contributed by atoms with E-state index < -0.39 is 0 Å². The van der Waals surface area contributed by atoms with E-state index in [0.29, 0.717) is 37.4 Å². The molecule has 1 aromatic carbocycles. The molecule has 0 atom stereocenters.